The van der Waals surface area contributed by atoms with Gasteiger partial charge in [-0.3, -0.25) is 0 Å². The van der Waals surface area contributed by atoms with Gasteiger partial charge in [0.1, 0.15) is 0 Å². The van der Waals surface area contributed by atoms with Crippen molar-refractivity contribution < 1.29 is 9.84 Å². The highest BCUT2D eigenvalue weighted by Crippen LogP contribution is 2.11. The van der Waals surface area contributed by atoms with Crippen molar-refractivity contribution in [3.05, 3.63) is 34.3 Å². The van der Waals surface area contributed by atoms with Crippen LogP contribution in [0.15, 0.2) is 28.7 Å². The van der Waals surface area contributed by atoms with Crippen LogP contribution in [0.1, 0.15) is 12.0 Å². The van der Waals surface area contributed by atoms with E-state index < -0.39 is 0 Å². The van der Waals surface area contributed by atoms with E-state index in [0.29, 0.717) is 13.0 Å². The molecule has 0 saturated heterocycles. The van der Waals surface area contributed by atoms with Gasteiger partial charge in [0.2, 0.25) is 0 Å². The molecule has 0 saturated carbocycles. The molecule has 0 heterocycles. The van der Waals surface area contributed by atoms with Crippen molar-refractivity contribution in [2.24, 2.45) is 0 Å². The number of benzene rings is 1. The van der Waals surface area contributed by atoms with Crippen LogP contribution in [-0.2, 0) is 11.3 Å². The standard InChI is InChI=1S/C12H18BrNO2/c1-16-9-12(15)5-6-14-8-10-3-2-4-11(13)7-10/h2-4,7,12,14-15H,5-6,8-9H2,1H3. The van der Waals surface area contributed by atoms with E-state index in [1.165, 1.54) is 5.56 Å². The molecule has 0 fully saturated rings. The first kappa shape index (κ1) is 13.6. The molecule has 1 atom stereocenters. The predicted octanol–water partition coefficient (Wildman–Crippen LogP) is 1.94. The maximum absolute atomic E-state index is 9.42. The molecular formula is C12H18BrNO2. The molecule has 0 radical (unpaired) electrons. The molecule has 1 aromatic rings. The fraction of sp³-hybridized carbons (Fsp3) is 0.500. The minimum Gasteiger partial charge on any atom is -0.391 e. The third kappa shape index (κ3) is 5.61. The number of rotatable bonds is 7. The number of hydrogen-bond donors (Lipinski definition) is 2. The molecule has 0 aliphatic rings. The third-order valence-corrected chi connectivity index (χ3v) is 2.72. The van der Waals surface area contributed by atoms with Crippen molar-refractivity contribution in [2.45, 2.75) is 19.1 Å². The largest absolute Gasteiger partial charge is 0.391 e. The molecule has 0 bridgehead atoms. The molecule has 4 heteroatoms. The molecule has 1 unspecified atom stereocenters. The van der Waals surface area contributed by atoms with Crippen molar-refractivity contribution in [3.63, 3.8) is 0 Å². The highest BCUT2D eigenvalue weighted by atomic mass is 79.9. The number of aliphatic hydroxyl groups is 1. The summed E-state index contributed by atoms with van der Waals surface area (Å²) < 4.78 is 5.94. The van der Waals surface area contributed by atoms with Crippen LogP contribution in [0, 0.1) is 0 Å². The topological polar surface area (TPSA) is 41.5 Å². The van der Waals surface area contributed by atoms with Gasteiger partial charge in [0.05, 0.1) is 12.7 Å². The van der Waals surface area contributed by atoms with Gasteiger partial charge >= 0.3 is 0 Å². The lowest BCUT2D eigenvalue weighted by Crippen LogP contribution is -2.22. The number of nitrogens with one attached hydrogen (secondary N) is 1. The second-order valence-corrected chi connectivity index (χ2v) is 4.62. The molecule has 1 rings (SSSR count). The maximum atomic E-state index is 9.42. The van der Waals surface area contributed by atoms with Crippen LogP contribution in [-0.4, -0.2) is 31.5 Å². The van der Waals surface area contributed by atoms with Crippen molar-refractivity contribution in [1.82, 2.24) is 5.32 Å². The Bertz CT molecular complexity index is 307. The zero-order valence-corrected chi connectivity index (χ0v) is 11.0. The number of halogens is 1. The van der Waals surface area contributed by atoms with E-state index in [2.05, 4.69) is 33.4 Å². The smallest absolute Gasteiger partial charge is 0.0785 e. The first-order valence-electron chi connectivity index (χ1n) is 5.34. The minimum atomic E-state index is -0.375. The quantitative estimate of drug-likeness (QED) is 0.753. The molecule has 0 amide bonds. The molecule has 1 aromatic carbocycles. The van der Waals surface area contributed by atoms with Crippen LogP contribution in [0.25, 0.3) is 0 Å². The first-order chi connectivity index (χ1) is 7.72. The summed E-state index contributed by atoms with van der Waals surface area (Å²) in [5.74, 6) is 0. The molecule has 3 nitrogen and oxygen atoms in total. The molecular weight excluding hydrogens is 270 g/mol. The van der Waals surface area contributed by atoms with Gasteiger partial charge in [-0.1, -0.05) is 28.1 Å². The summed E-state index contributed by atoms with van der Waals surface area (Å²) >= 11 is 3.43. The Kier molecular flexibility index (Phi) is 6.64. The zero-order chi connectivity index (χ0) is 11.8. The van der Waals surface area contributed by atoms with Gasteiger partial charge in [0, 0.05) is 18.1 Å². The summed E-state index contributed by atoms with van der Waals surface area (Å²) in [6.07, 6.45) is 0.335. The Balaban J connectivity index is 2.16. The van der Waals surface area contributed by atoms with E-state index >= 15 is 0 Å². The van der Waals surface area contributed by atoms with Crippen LogP contribution in [0.4, 0.5) is 0 Å². The normalized spacial score (nSPS) is 12.7. The summed E-state index contributed by atoms with van der Waals surface area (Å²) in [6.45, 7) is 2.01. The van der Waals surface area contributed by atoms with Gasteiger partial charge in [0.25, 0.3) is 0 Å². The van der Waals surface area contributed by atoms with E-state index in [-0.39, 0.29) is 6.10 Å². The van der Waals surface area contributed by atoms with Gasteiger partial charge in [-0.25, -0.2) is 0 Å². The number of hydrogen-bond acceptors (Lipinski definition) is 3. The summed E-state index contributed by atoms with van der Waals surface area (Å²) in [5.41, 5.74) is 1.23. The fourth-order valence-electron chi connectivity index (χ4n) is 1.42. The highest BCUT2D eigenvalue weighted by Gasteiger charge is 2.02. The molecule has 0 aliphatic carbocycles. The van der Waals surface area contributed by atoms with Gasteiger partial charge in [-0.15, -0.1) is 0 Å². The summed E-state index contributed by atoms with van der Waals surface area (Å²) in [5, 5.41) is 12.7. The lowest BCUT2D eigenvalue weighted by Gasteiger charge is -2.10. The molecule has 90 valence electrons. The molecule has 16 heavy (non-hydrogen) atoms. The van der Waals surface area contributed by atoms with Crippen LogP contribution in [0.2, 0.25) is 0 Å². The molecule has 0 aliphatic heterocycles. The summed E-state index contributed by atoms with van der Waals surface area (Å²) in [7, 11) is 1.60. The first-order valence-corrected chi connectivity index (χ1v) is 6.14. The molecule has 0 spiro atoms. The van der Waals surface area contributed by atoms with Crippen molar-refractivity contribution in [1.29, 1.82) is 0 Å². The van der Waals surface area contributed by atoms with Gasteiger partial charge in [-0.2, -0.15) is 0 Å². The van der Waals surface area contributed by atoms with Crippen LogP contribution >= 0.6 is 15.9 Å². The lowest BCUT2D eigenvalue weighted by atomic mass is 10.2. The van der Waals surface area contributed by atoms with Crippen LogP contribution in [0.5, 0.6) is 0 Å². The second kappa shape index (κ2) is 7.79. The van der Waals surface area contributed by atoms with Crippen LogP contribution < -0.4 is 5.32 Å². The summed E-state index contributed by atoms with van der Waals surface area (Å²) in [4.78, 5) is 0. The third-order valence-electron chi connectivity index (χ3n) is 2.23. The Morgan fingerprint density at radius 1 is 1.50 bits per heavy atom. The number of methoxy groups -OCH3 is 1. The fourth-order valence-corrected chi connectivity index (χ4v) is 1.87. The number of aliphatic hydroxyl groups excluding tert-OH is 1. The zero-order valence-electron chi connectivity index (χ0n) is 9.45. The Morgan fingerprint density at radius 2 is 2.31 bits per heavy atom. The Labute approximate surface area is 105 Å². The van der Waals surface area contributed by atoms with E-state index in [9.17, 15) is 5.11 Å². The van der Waals surface area contributed by atoms with Gasteiger partial charge in [0.15, 0.2) is 0 Å². The number of ether oxygens (including phenoxy) is 1. The average Bonchev–Trinajstić information content (AvgIpc) is 2.25. The van der Waals surface area contributed by atoms with E-state index in [1.807, 2.05) is 12.1 Å². The maximum Gasteiger partial charge on any atom is 0.0785 e. The second-order valence-electron chi connectivity index (χ2n) is 3.70. The highest BCUT2D eigenvalue weighted by molar-refractivity contribution is 9.10. The van der Waals surface area contributed by atoms with E-state index in [0.717, 1.165) is 17.6 Å². The van der Waals surface area contributed by atoms with Gasteiger partial charge in [-0.05, 0) is 30.7 Å². The van der Waals surface area contributed by atoms with Crippen molar-refractivity contribution in [2.75, 3.05) is 20.3 Å². The van der Waals surface area contributed by atoms with Crippen LogP contribution in [0.3, 0.4) is 0 Å². The molecule has 2 N–H and O–H groups in total. The van der Waals surface area contributed by atoms with E-state index in [4.69, 9.17) is 4.74 Å². The minimum absolute atomic E-state index is 0.375. The predicted molar refractivity (Wildman–Crippen MR) is 68.3 cm³/mol. The summed E-state index contributed by atoms with van der Waals surface area (Å²) in [6, 6.07) is 8.18. The lowest BCUT2D eigenvalue weighted by molar-refractivity contribution is 0.0594. The van der Waals surface area contributed by atoms with Crippen molar-refractivity contribution >= 4 is 15.9 Å². The van der Waals surface area contributed by atoms with Gasteiger partial charge < -0.3 is 15.2 Å². The van der Waals surface area contributed by atoms with E-state index in [1.54, 1.807) is 7.11 Å². The Hall–Kier alpha value is -0.420. The molecule has 0 aromatic heterocycles. The SMILES string of the molecule is COCC(O)CCNCc1cccc(Br)c1. The Morgan fingerprint density at radius 3 is 3.00 bits per heavy atom. The van der Waals surface area contributed by atoms with Crippen molar-refractivity contribution in [3.8, 4) is 0 Å². The monoisotopic (exact) mass is 287 g/mol. The average molecular weight is 288 g/mol.